The third-order valence-electron chi connectivity index (χ3n) is 3.80. The molecule has 0 saturated heterocycles. The Balaban J connectivity index is 2.13. The van der Waals surface area contributed by atoms with Gasteiger partial charge in [-0.15, -0.1) is 13.2 Å². The number of ether oxygens (including phenoxy) is 1. The van der Waals surface area contributed by atoms with Crippen LogP contribution in [0.15, 0.2) is 47.5 Å². The van der Waals surface area contributed by atoms with Gasteiger partial charge in [-0.2, -0.15) is 4.99 Å². The highest BCUT2D eigenvalue weighted by Gasteiger charge is 2.31. The minimum atomic E-state index is -4.79. The van der Waals surface area contributed by atoms with E-state index in [9.17, 15) is 18.0 Å². The topological polar surface area (TPSA) is 43.6 Å². The molecule has 0 N–H and O–H groups in total. The van der Waals surface area contributed by atoms with E-state index in [4.69, 9.17) is 11.6 Å². The average Bonchev–Trinajstić information content (AvgIpc) is 2.96. The first-order valence-corrected chi connectivity index (χ1v) is 9.25. The van der Waals surface area contributed by atoms with Crippen LogP contribution in [0.4, 0.5) is 13.2 Å². The van der Waals surface area contributed by atoms with Crippen LogP contribution in [-0.2, 0) is 0 Å². The maximum atomic E-state index is 12.5. The maximum absolute atomic E-state index is 12.5. The molecule has 4 nitrogen and oxygen atoms in total. The molecule has 0 aliphatic heterocycles. The summed E-state index contributed by atoms with van der Waals surface area (Å²) in [6.07, 6.45) is -4.40. The molecular formula is C19H14ClF3N2O2S. The van der Waals surface area contributed by atoms with Crippen molar-refractivity contribution in [3.63, 3.8) is 0 Å². The van der Waals surface area contributed by atoms with Gasteiger partial charge in [-0.3, -0.25) is 4.79 Å². The number of carbonyl (C=O) groups is 1. The lowest BCUT2D eigenvalue weighted by atomic mass is 10.2. The van der Waals surface area contributed by atoms with Crippen molar-refractivity contribution in [2.24, 2.45) is 4.99 Å². The number of hydrogen-bond acceptors (Lipinski definition) is 3. The maximum Gasteiger partial charge on any atom is 0.573 e. The fraction of sp³-hybridized carbons (Fsp3) is 0.158. The molecule has 0 aliphatic carbocycles. The smallest absolute Gasteiger partial charge is 0.406 e. The molecule has 0 spiro atoms. The van der Waals surface area contributed by atoms with Gasteiger partial charge in [0, 0.05) is 16.6 Å². The lowest BCUT2D eigenvalue weighted by Gasteiger charge is -2.13. The minimum absolute atomic E-state index is 0.299. The van der Waals surface area contributed by atoms with Crippen molar-refractivity contribution in [1.29, 1.82) is 0 Å². The van der Waals surface area contributed by atoms with Crippen molar-refractivity contribution in [3.05, 3.63) is 71.7 Å². The van der Waals surface area contributed by atoms with E-state index in [0.717, 1.165) is 11.3 Å². The second-order valence-electron chi connectivity index (χ2n) is 5.80. The molecule has 146 valence electrons. The molecule has 3 aromatic rings. The molecule has 0 saturated carbocycles. The number of fused-ring (bicyclic) bond motifs is 1. The number of amides is 1. The van der Waals surface area contributed by atoms with Gasteiger partial charge in [0.05, 0.1) is 10.2 Å². The molecule has 1 heterocycles. The Morgan fingerprint density at radius 2 is 2.04 bits per heavy atom. The van der Waals surface area contributed by atoms with Crippen LogP contribution in [-0.4, -0.2) is 16.8 Å². The van der Waals surface area contributed by atoms with Crippen molar-refractivity contribution >= 4 is 39.1 Å². The van der Waals surface area contributed by atoms with Crippen LogP contribution in [0.5, 0.6) is 5.75 Å². The van der Waals surface area contributed by atoms with Gasteiger partial charge in [0.2, 0.25) is 0 Å². The third-order valence-corrected chi connectivity index (χ3v) is 5.05. The number of benzene rings is 2. The van der Waals surface area contributed by atoms with E-state index in [2.05, 4.69) is 23.6 Å². The fourth-order valence-electron chi connectivity index (χ4n) is 2.55. The van der Waals surface area contributed by atoms with E-state index in [-0.39, 0.29) is 11.8 Å². The zero-order valence-corrected chi connectivity index (χ0v) is 15.9. The van der Waals surface area contributed by atoms with Crippen LogP contribution in [0.1, 0.15) is 22.8 Å². The van der Waals surface area contributed by atoms with Crippen molar-refractivity contribution in [2.45, 2.75) is 18.8 Å². The summed E-state index contributed by atoms with van der Waals surface area (Å²) in [7, 11) is 0. The van der Waals surface area contributed by atoms with Crippen LogP contribution in [0, 0.1) is 13.8 Å². The number of aromatic nitrogens is 1. The second kappa shape index (κ2) is 7.97. The highest BCUT2D eigenvalue weighted by molar-refractivity contribution is 7.16. The monoisotopic (exact) mass is 426 g/mol. The molecule has 28 heavy (non-hydrogen) atoms. The van der Waals surface area contributed by atoms with Crippen molar-refractivity contribution in [3.8, 4) is 5.75 Å². The Kier molecular flexibility index (Phi) is 5.81. The lowest BCUT2D eigenvalue weighted by Crippen LogP contribution is -2.20. The molecule has 1 aromatic heterocycles. The summed E-state index contributed by atoms with van der Waals surface area (Å²) in [5.41, 5.74) is 0.883. The number of halogens is 4. The fourth-order valence-corrected chi connectivity index (χ4v) is 3.86. The Hall–Kier alpha value is -2.32. The Morgan fingerprint density at radius 3 is 2.68 bits per heavy atom. The predicted molar refractivity (Wildman–Crippen MR) is 102 cm³/mol. The van der Waals surface area contributed by atoms with Gasteiger partial charge < -0.3 is 9.30 Å². The average molecular weight is 427 g/mol. The normalized spacial score (nSPS) is 13.7. The van der Waals surface area contributed by atoms with Crippen LogP contribution < -0.4 is 9.54 Å². The molecule has 2 radical (unpaired) electrons. The van der Waals surface area contributed by atoms with Gasteiger partial charge in [0.25, 0.3) is 5.91 Å². The summed E-state index contributed by atoms with van der Waals surface area (Å²) < 4.78 is 43.6. The van der Waals surface area contributed by atoms with Gasteiger partial charge in [0.1, 0.15) is 5.75 Å². The van der Waals surface area contributed by atoms with Gasteiger partial charge in [-0.1, -0.05) is 35.9 Å². The molecule has 1 amide bonds. The molecule has 0 fully saturated rings. The minimum Gasteiger partial charge on any atom is -0.406 e. The molecule has 0 bridgehead atoms. The standard InChI is InChI=1S/C19H14ClF3N2O2S/c1-3-11(2)25-15-8-7-14(27-19(21,22)23)10-16(15)28-18(25)24-17(26)12-5-4-6-13(20)9-12/h4-11H,1-3H2. The highest BCUT2D eigenvalue weighted by atomic mass is 35.5. The molecule has 2 aromatic carbocycles. The summed E-state index contributed by atoms with van der Waals surface area (Å²) in [5, 5.41) is 0.395. The number of hydrogen-bond donors (Lipinski definition) is 0. The SMILES string of the molecule is [CH2]CC([CH2])n1c(=NC(=O)c2cccc(Cl)c2)sc2cc(OC(F)(F)F)ccc21. The highest BCUT2D eigenvalue weighted by Crippen LogP contribution is 2.29. The summed E-state index contributed by atoms with van der Waals surface area (Å²) in [6, 6.07) is 9.90. The van der Waals surface area contributed by atoms with E-state index < -0.39 is 12.3 Å². The van der Waals surface area contributed by atoms with Gasteiger partial charge in [-0.05, 0) is 49.7 Å². The van der Waals surface area contributed by atoms with E-state index in [1.165, 1.54) is 24.3 Å². The zero-order valence-electron chi connectivity index (χ0n) is 14.4. The number of rotatable bonds is 4. The summed E-state index contributed by atoms with van der Waals surface area (Å²) in [6.45, 7) is 7.80. The van der Waals surface area contributed by atoms with Crippen LogP contribution in [0.25, 0.3) is 10.2 Å². The van der Waals surface area contributed by atoms with Crippen LogP contribution in [0.2, 0.25) is 5.02 Å². The first kappa shape index (κ1) is 20.4. The zero-order chi connectivity index (χ0) is 20.5. The van der Waals surface area contributed by atoms with Crippen LogP contribution in [0.3, 0.4) is 0 Å². The van der Waals surface area contributed by atoms with E-state index in [1.54, 1.807) is 22.8 Å². The van der Waals surface area contributed by atoms with Gasteiger partial charge >= 0.3 is 6.36 Å². The largest absolute Gasteiger partial charge is 0.573 e. The van der Waals surface area contributed by atoms with Crippen molar-refractivity contribution < 1.29 is 22.7 Å². The Morgan fingerprint density at radius 1 is 1.29 bits per heavy atom. The number of nitrogens with zero attached hydrogens (tertiary/aromatic N) is 2. The first-order valence-electron chi connectivity index (χ1n) is 8.06. The summed E-state index contributed by atoms with van der Waals surface area (Å²) in [5.74, 6) is -0.873. The summed E-state index contributed by atoms with van der Waals surface area (Å²) in [4.78, 5) is 17.0. The number of alkyl halides is 3. The number of thiazole rings is 1. The molecule has 1 atom stereocenters. The second-order valence-corrected chi connectivity index (χ2v) is 7.25. The Labute approximate surface area is 167 Å². The van der Waals surface area contributed by atoms with E-state index in [1.807, 2.05) is 0 Å². The van der Waals surface area contributed by atoms with E-state index >= 15 is 0 Å². The van der Waals surface area contributed by atoms with E-state index in [0.29, 0.717) is 32.0 Å². The molecule has 3 rings (SSSR count). The summed E-state index contributed by atoms with van der Waals surface area (Å²) >= 11 is 6.97. The first-order chi connectivity index (χ1) is 13.2. The van der Waals surface area contributed by atoms with Crippen LogP contribution >= 0.6 is 22.9 Å². The Bertz CT molecular complexity index is 1090. The third kappa shape index (κ3) is 4.56. The van der Waals surface area contributed by atoms with Gasteiger partial charge in [-0.25, -0.2) is 0 Å². The quantitative estimate of drug-likeness (QED) is 0.545. The molecule has 1 unspecified atom stereocenters. The molecule has 0 aliphatic rings. The molecular weight excluding hydrogens is 413 g/mol. The predicted octanol–water partition coefficient (Wildman–Crippen LogP) is 5.60. The lowest BCUT2D eigenvalue weighted by molar-refractivity contribution is -0.274. The molecule has 9 heteroatoms. The van der Waals surface area contributed by atoms with Crippen molar-refractivity contribution in [1.82, 2.24) is 4.57 Å². The number of carbonyl (C=O) groups excluding carboxylic acids is 1. The van der Waals surface area contributed by atoms with Gasteiger partial charge in [0.15, 0.2) is 4.80 Å². The van der Waals surface area contributed by atoms with Crippen molar-refractivity contribution in [2.75, 3.05) is 0 Å².